The van der Waals surface area contributed by atoms with Crippen LogP contribution in [0.3, 0.4) is 0 Å². The number of hydrogen-bond acceptors (Lipinski definition) is 3. The maximum Gasteiger partial charge on any atom is 0.234 e. The summed E-state index contributed by atoms with van der Waals surface area (Å²) in [4.78, 5) is 9.56. The minimum atomic E-state index is 0.0856. The summed E-state index contributed by atoms with van der Waals surface area (Å²) in [5.74, 6) is 0. The number of furan rings is 1. The lowest BCUT2D eigenvalue weighted by molar-refractivity contribution is -0.660. The van der Waals surface area contributed by atoms with Crippen molar-refractivity contribution in [3.8, 4) is 11.3 Å². The van der Waals surface area contributed by atoms with Crippen molar-refractivity contribution < 1.29 is 8.98 Å². The smallest absolute Gasteiger partial charge is 0.234 e. The lowest BCUT2D eigenvalue weighted by Gasteiger charge is -2.42. The van der Waals surface area contributed by atoms with Crippen LogP contribution in [0.5, 0.6) is 0 Å². The van der Waals surface area contributed by atoms with Gasteiger partial charge in [0, 0.05) is 16.2 Å². The van der Waals surface area contributed by atoms with Crippen LogP contribution in [0.25, 0.3) is 44.2 Å². The van der Waals surface area contributed by atoms with Crippen LogP contribution in [0.15, 0.2) is 53.3 Å². The number of pyridine rings is 1. The van der Waals surface area contributed by atoms with Crippen LogP contribution in [-0.2, 0) is 17.9 Å². The molecule has 1 aliphatic rings. The van der Waals surface area contributed by atoms with Crippen LogP contribution in [0.1, 0.15) is 57.2 Å². The van der Waals surface area contributed by atoms with Crippen molar-refractivity contribution in [2.24, 2.45) is 7.05 Å². The summed E-state index contributed by atoms with van der Waals surface area (Å²) in [6.45, 7) is 11.6. The molecule has 33 heavy (non-hydrogen) atoms. The van der Waals surface area contributed by atoms with E-state index in [1.54, 1.807) is 6.20 Å². The van der Waals surface area contributed by atoms with E-state index in [0.717, 1.165) is 45.1 Å². The Balaban J connectivity index is 1.72. The van der Waals surface area contributed by atoms with E-state index in [1.807, 2.05) is 19.4 Å². The van der Waals surface area contributed by atoms with E-state index >= 15 is 0 Å². The molecular formula is C29H30N3O+. The van der Waals surface area contributed by atoms with E-state index in [2.05, 4.69) is 74.5 Å². The SMILES string of the molecule is Cc1ccc2c(oc3nc4c5c(ccc4cc32)C(C)(C)CCC5(C)C)c1-c1cncc[n+]1C. The van der Waals surface area contributed by atoms with Gasteiger partial charge >= 0.3 is 0 Å². The van der Waals surface area contributed by atoms with Crippen LogP contribution in [-0.4, -0.2) is 9.97 Å². The minimum absolute atomic E-state index is 0.0856. The Morgan fingerprint density at radius 1 is 0.970 bits per heavy atom. The van der Waals surface area contributed by atoms with Gasteiger partial charge in [-0.25, -0.2) is 4.98 Å². The van der Waals surface area contributed by atoms with E-state index < -0.39 is 0 Å². The number of fused-ring (bicyclic) bond motifs is 6. The lowest BCUT2D eigenvalue weighted by atomic mass is 9.62. The van der Waals surface area contributed by atoms with Crippen molar-refractivity contribution in [3.63, 3.8) is 0 Å². The Kier molecular flexibility index (Phi) is 4.09. The van der Waals surface area contributed by atoms with Gasteiger partial charge in [0.15, 0.2) is 11.8 Å². The number of aryl methyl sites for hydroxylation is 2. The molecule has 0 atom stereocenters. The molecule has 4 heteroatoms. The Morgan fingerprint density at radius 3 is 2.55 bits per heavy atom. The predicted molar refractivity (Wildman–Crippen MR) is 133 cm³/mol. The lowest BCUT2D eigenvalue weighted by Crippen LogP contribution is -2.34. The molecule has 6 rings (SSSR count). The monoisotopic (exact) mass is 436 g/mol. The van der Waals surface area contributed by atoms with Gasteiger partial charge in [-0.15, -0.1) is 0 Å². The van der Waals surface area contributed by atoms with Crippen LogP contribution in [0.2, 0.25) is 0 Å². The van der Waals surface area contributed by atoms with Crippen molar-refractivity contribution >= 4 is 33.0 Å². The second-order valence-corrected chi connectivity index (χ2v) is 11.0. The number of rotatable bonds is 1. The first-order valence-corrected chi connectivity index (χ1v) is 11.8. The van der Waals surface area contributed by atoms with Gasteiger partial charge in [0.2, 0.25) is 11.4 Å². The number of hydrogen-bond donors (Lipinski definition) is 0. The molecule has 0 fully saturated rings. The first-order valence-electron chi connectivity index (χ1n) is 11.8. The summed E-state index contributed by atoms with van der Waals surface area (Å²) >= 11 is 0. The molecule has 2 aromatic carbocycles. The van der Waals surface area contributed by atoms with E-state index in [9.17, 15) is 0 Å². The highest BCUT2D eigenvalue weighted by Gasteiger charge is 2.38. The van der Waals surface area contributed by atoms with Gasteiger partial charge in [0.1, 0.15) is 7.05 Å². The van der Waals surface area contributed by atoms with Crippen molar-refractivity contribution in [2.45, 2.75) is 58.3 Å². The van der Waals surface area contributed by atoms with Gasteiger partial charge in [0.05, 0.1) is 23.5 Å². The average molecular weight is 437 g/mol. The molecule has 0 radical (unpaired) electrons. The molecule has 4 nitrogen and oxygen atoms in total. The summed E-state index contributed by atoms with van der Waals surface area (Å²) in [6, 6.07) is 11.2. The first kappa shape index (κ1) is 20.3. The third-order valence-corrected chi connectivity index (χ3v) is 7.80. The van der Waals surface area contributed by atoms with E-state index in [0.29, 0.717) is 5.71 Å². The quantitative estimate of drug-likeness (QED) is 0.275. The molecule has 0 unspecified atom stereocenters. The summed E-state index contributed by atoms with van der Waals surface area (Å²) in [7, 11) is 2.04. The van der Waals surface area contributed by atoms with Crippen molar-refractivity contribution in [1.29, 1.82) is 0 Å². The largest absolute Gasteiger partial charge is 0.437 e. The zero-order valence-corrected chi connectivity index (χ0v) is 20.3. The molecule has 0 amide bonds. The maximum absolute atomic E-state index is 6.54. The second-order valence-electron chi connectivity index (χ2n) is 11.0. The molecule has 0 saturated carbocycles. The van der Waals surface area contributed by atoms with Crippen molar-refractivity contribution in [1.82, 2.24) is 9.97 Å². The van der Waals surface area contributed by atoms with Crippen molar-refractivity contribution in [2.75, 3.05) is 0 Å². The van der Waals surface area contributed by atoms with E-state index in [-0.39, 0.29) is 10.8 Å². The molecule has 0 saturated heterocycles. The van der Waals surface area contributed by atoms with Gasteiger partial charge < -0.3 is 4.42 Å². The molecular weight excluding hydrogens is 406 g/mol. The van der Waals surface area contributed by atoms with Crippen LogP contribution >= 0.6 is 0 Å². The van der Waals surface area contributed by atoms with Crippen LogP contribution in [0, 0.1) is 6.92 Å². The van der Waals surface area contributed by atoms with Gasteiger partial charge in [-0.3, -0.25) is 4.98 Å². The summed E-state index contributed by atoms with van der Waals surface area (Å²) < 4.78 is 8.63. The van der Waals surface area contributed by atoms with Gasteiger partial charge in [-0.05, 0) is 53.4 Å². The predicted octanol–water partition coefficient (Wildman–Crippen LogP) is 6.68. The van der Waals surface area contributed by atoms with Crippen molar-refractivity contribution in [3.05, 3.63) is 65.6 Å². The van der Waals surface area contributed by atoms with Crippen LogP contribution in [0.4, 0.5) is 0 Å². The molecule has 0 aliphatic heterocycles. The molecule has 3 aromatic heterocycles. The molecule has 3 heterocycles. The zero-order chi connectivity index (χ0) is 23.1. The third-order valence-electron chi connectivity index (χ3n) is 7.80. The van der Waals surface area contributed by atoms with Gasteiger partial charge in [-0.2, -0.15) is 4.57 Å². The summed E-state index contributed by atoms with van der Waals surface area (Å²) in [5, 5.41) is 3.35. The summed E-state index contributed by atoms with van der Waals surface area (Å²) in [6.07, 6.45) is 8.03. The molecule has 1 aliphatic carbocycles. The maximum atomic E-state index is 6.54. The Bertz CT molecular complexity index is 1590. The molecule has 0 N–H and O–H groups in total. The number of benzene rings is 2. The Labute approximate surface area is 194 Å². The second kappa shape index (κ2) is 6.63. The standard InChI is InChI=1S/C29H30N3O/c1-17-7-9-19-20-15-18-8-10-21-24(29(4,5)12-11-28(21,2)3)25(18)31-27(20)33-26(19)23(17)22-16-30-13-14-32(22)6/h7-10,13-16H,11-12H2,1-6H3/q+1. The highest BCUT2D eigenvalue weighted by molar-refractivity contribution is 6.11. The zero-order valence-electron chi connectivity index (χ0n) is 20.3. The minimum Gasteiger partial charge on any atom is -0.437 e. The van der Waals surface area contributed by atoms with E-state index in [4.69, 9.17) is 9.40 Å². The third kappa shape index (κ3) is 2.86. The Morgan fingerprint density at radius 2 is 1.76 bits per heavy atom. The summed E-state index contributed by atoms with van der Waals surface area (Å²) in [5.41, 5.74) is 9.00. The fraction of sp³-hybridized carbons (Fsp3) is 0.345. The topological polar surface area (TPSA) is 42.8 Å². The normalized spacial score (nSPS) is 17.0. The fourth-order valence-corrected chi connectivity index (χ4v) is 5.71. The molecule has 166 valence electrons. The first-order chi connectivity index (χ1) is 15.7. The molecule has 0 bridgehead atoms. The van der Waals surface area contributed by atoms with Gasteiger partial charge in [0.25, 0.3) is 0 Å². The fourth-order valence-electron chi connectivity index (χ4n) is 5.71. The van der Waals surface area contributed by atoms with Gasteiger partial charge in [-0.1, -0.05) is 52.0 Å². The average Bonchev–Trinajstić information content (AvgIpc) is 3.13. The molecule has 5 aromatic rings. The molecule has 0 spiro atoms. The van der Waals surface area contributed by atoms with Crippen LogP contribution < -0.4 is 4.57 Å². The Hall–Kier alpha value is -3.27. The highest BCUT2D eigenvalue weighted by Crippen LogP contribution is 2.48. The highest BCUT2D eigenvalue weighted by atomic mass is 16.3. The number of aromatic nitrogens is 3. The van der Waals surface area contributed by atoms with E-state index in [1.165, 1.54) is 22.9 Å². The number of nitrogens with zero attached hydrogens (tertiary/aromatic N) is 3.